The predicted octanol–water partition coefficient (Wildman–Crippen LogP) is 5.63. The summed E-state index contributed by atoms with van der Waals surface area (Å²) in [6.45, 7) is 0. The van der Waals surface area contributed by atoms with Crippen molar-refractivity contribution >= 4 is 46.8 Å². The molecule has 0 aliphatic carbocycles. The smallest absolute Gasteiger partial charge is 0.430 e. The molecule has 27 heavy (non-hydrogen) atoms. The number of carboxylic acids is 1. The molecule has 5 nitrogen and oxygen atoms in total. The van der Waals surface area contributed by atoms with Gasteiger partial charge in [-0.1, -0.05) is 40.9 Å². The number of rotatable bonds is 3. The van der Waals surface area contributed by atoms with Gasteiger partial charge in [0.05, 0.1) is 21.2 Å². The first-order chi connectivity index (χ1) is 12.6. The van der Waals surface area contributed by atoms with Crippen LogP contribution < -0.4 is 9.47 Å². The van der Waals surface area contributed by atoms with E-state index in [1.165, 1.54) is 18.2 Å². The second-order valence-electron chi connectivity index (χ2n) is 5.26. The Hall–Kier alpha value is -2.16. The van der Waals surface area contributed by atoms with E-state index in [-0.39, 0.29) is 32.4 Å². The number of ether oxygens (including phenoxy) is 2. The van der Waals surface area contributed by atoms with Crippen molar-refractivity contribution in [3.05, 3.63) is 50.6 Å². The summed E-state index contributed by atoms with van der Waals surface area (Å²) in [7, 11) is 0. The molecule has 1 atom stereocenters. The SMILES string of the molecule is O=C(O)C1=Cc2c(Oc3cccc(Cl)n3)c(Cl)cc(Cl)c2OC1C(F)(F)F. The van der Waals surface area contributed by atoms with E-state index in [0.717, 1.165) is 12.1 Å². The highest BCUT2D eigenvalue weighted by Crippen LogP contribution is 2.48. The summed E-state index contributed by atoms with van der Waals surface area (Å²) < 4.78 is 50.0. The van der Waals surface area contributed by atoms with Gasteiger partial charge in [0.25, 0.3) is 0 Å². The zero-order valence-electron chi connectivity index (χ0n) is 12.9. The van der Waals surface area contributed by atoms with Crippen molar-refractivity contribution in [3.63, 3.8) is 0 Å². The van der Waals surface area contributed by atoms with Crippen LogP contribution in [0.5, 0.6) is 17.4 Å². The van der Waals surface area contributed by atoms with Crippen molar-refractivity contribution in [2.24, 2.45) is 0 Å². The number of pyridine rings is 1. The van der Waals surface area contributed by atoms with Crippen molar-refractivity contribution in [3.8, 4) is 17.4 Å². The molecule has 0 spiro atoms. The number of carbonyl (C=O) groups is 1. The lowest BCUT2D eigenvalue weighted by Crippen LogP contribution is -2.40. The Labute approximate surface area is 164 Å². The van der Waals surface area contributed by atoms with Gasteiger partial charge in [0.2, 0.25) is 12.0 Å². The molecular weight excluding hydrogens is 434 g/mol. The average molecular weight is 441 g/mol. The highest BCUT2D eigenvalue weighted by Gasteiger charge is 2.49. The highest BCUT2D eigenvalue weighted by atomic mass is 35.5. The first kappa shape index (κ1) is 19.6. The molecule has 1 aromatic heterocycles. The second kappa shape index (κ2) is 7.10. The van der Waals surface area contributed by atoms with Gasteiger partial charge in [-0.25, -0.2) is 9.78 Å². The van der Waals surface area contributed by atoms with Gasteiger partial charge in [-0.15, -0.1) is 0 Å². The topological polar surface area (TPSA) is 68.7 Å². The number of alkyl halides is 3. The summed E-state index contributed by atoms with van der Waals surface area (Å²) in [6, 6.07) is 5.55. The van der Waals surface area contributed by atoms with Crippen LogP contribution in [0.2, 0.25) is 15.2 Å². The van der Waals surface area contributed by atoms with E-state index < -0.39 is 29.6 Å². The third-order valence-corrected chi connectivity index (χ3v) is 4.21. The number of halogens is 6. The normalized spacial score (nSPS) is 16.2. The van der Waals surface area contributed by atoms with Crippen LogP contribution in [0.15, 0.2) is 29.8 Å². The number of hydrogen-bond donors (Lipinski definition) is 1. The molecule has 1 aliphatic rings. The van der Waals surface area contributed by atoms with Gasteiger partial charge in [0.1, 0.15) is 10.9 Å². The molecule has 1 aromatic carbocycles. The van der Waals surface area contributed by atoms with Crippen molar-refractivity contribution < 1.29 is 32.5 Å². The molecule has 11 heteroatoms. The van der Waals surface area contributed by atoms with Gasteiger partial charge in [0, 0.05) is 6.07 Å². The molecular formula is C16H7Cl3F3NO4. The lowest BCUT2D eigenvalue weighted by molar-refractivity contribution is -0.187. The molecule has 2 aromatic rings. The van der Waals surface area contributed by atoms with Crippen LogP contribution in [-0.4, -0.2) is 28.3 Å². The molecule has 3 rings (SSSR count). The summed E-state index contributed by atoms with van der Waals surface area (Å²) in [5.41, 5.74) is -1.20. The van der Waals surface area contributed by atoms with Gasteiger partial charge < -0.3 is 14.6 Å². The van der Waals surface area contributed by atoms with Crippen LogP contribution in [0.4, 0.5) is 13.2 Å². The summed E-state index contributed by atoms with van der Waals surface area (Å²) in [5, 5.41) is 8.94. The Bertz CT molecular complexity index is 963. The maximum atomic E-state index is 13.2. The van der Waals surface area contributed by atoms with Crippen molar-refractivity contribution in [1.29, 1.82) is 0 Å². The quantitative estimate of drug-likeness (QED) is 0.627. The van der Waals surface area contributed by atoms with Crippen molar-refractivity contribution in [2.75, 3.05) is 0 Å². The maximum absolute atomic E-state index is 13.2. The summed E-state index contributed by atoms with van der Waals surface area (Å²) in [6.07, 6.45) is -6.91. The van der Waals surface area contributed by atoms with E-state index in [1.807, 2.05) is 0 Å². The Morgan fingerprint density at radius 1 is 1.22 bits per heavy atom. The van der Waals surface area contributed by atoms with Gasteiger partial charge in [-0.05, 0) is 18.2 Å². The molecule has 0 fully saturated rings. The van der Waals surface area contributed by atoms with Crippen LogP contribution in [-0.2, 0) is 4.79 Å². The number of carboxylic acid groups (broad SMARTS) is 1. The van der Waals surface area contributed by atoms with E-state index in [1.54, 1.807) is 0 Å². The van der Waals surface area contributed by atoms with Crippen LogP contribution >= 0.6 is 34.8 Å². The van der Waals surface area contributed by atoms with Gasteiger partial charge in [0.15, 0.2) is 5.75 Å². The van der Waals surface area contributed by atoms with E-state index in [0.29, 0.717) is 0 Å². The number of aliphatic carboxylic acids is 1. The third-order valence-electron chi connectivity index (χ3n) is 3.43. The standard InChI is InChI=1S/C16H7Cl3F3NO4/c17-8-5-9(18)13-6(12(8)26-11-3-1-2-10(19)23-11)4-7(15(24)25)14(27-13)16(20,21)22/h1-5,14H,(H,24,25). The molecule has 0 amide bonds. The first-order valence-electron chi connectivity index (χ1n) is 7.08. The Morgan fingerprint density at radius 2 is 1.93 bits per heavy atom. The second-order valence-corrected chi connectivity index (χ2v) is 6.46. The number of hydrogen-bond acceptors (Lipinski definition) is 4. The van der Waals surface area contributed by atoms with Crippen LogP contribution in [0.25, 0.3) is 6.08 Å². The Balaban J connectivity index is 2.18. The number of nitrogens with zero attached hydrogens (tertiary/aromatic N) is 1. The van der Waals surface area contributed by atoms with E-state index in [9.17, 15) is 18.0 Å². The summed E-state index contributed by atoms with van der Waals surface area (Å²) in [4.78, 5) is 15.2. The average Bonchev–Trinajstić information content (AvgIpc) is 2.56. The maximum Gasteiger partial charge on any atom is 0.430 e. The van der Waals surface area contributed by atoms with Crippen molar-refractivity contribution in [1.82, 2.24) is 4.98 Å². The largest absolute Gasteiger partial charge is 0.478 e. The monoisotopic (exact) mass is 439 g/mol. The minimum Gasteiger partial charge on any atom is -0.478 e. The lowest BCUT2D eigenvalue weighted by Gasteiger charge is -2.28. The third kappa shape index (κ3) is 3.92. The fourth-order valence-electron chi connectivity index (χ4n) is 2.34. The zero-order valence-corrected chi connectivity index (χ0v) is 15.1. The van der Waals surface area contributed by atoms with Crippen LogP contribution in [0, 0.1) is 0 Å². The highest BCUT2D eigenvalue weighted by molar-refractivity contribution is 6.37. The Morgan fingerprint density at radius 3 is 2.52 bits per heavy atom. The van der Waals surface area contributed by atoms with Crippen LogP contribution in [0.3, 0.4) is 0 Å². The fourth-order valence-corrected chi connectivity index (χ4v) is 3.05. The van der Waals surface area contributed by atoms with E-state index in [2.05, 4.69) is 4.98 Å². The molecule has 1 unspecified atom stereocenters. The van der Waals surface area contributed by atoms with E-state index >= 15 is 0 Å². The molecule has 1 aliphatic heterocycles. The molecule has 0 radical (unpaired) electrons. The molecule has 1 N–H and O–H groups in total. The summed E-state index contributed by atoms with van der Waals surface area (Å²) in [5.74, 6) is -2.42. The number of benzene rings is 1. The molecule has 0 bridgehead atoms. The lowest BCUT2D eigenvalue weighted by atomic mass is 10.0. The molecule has 142 valence electrons. The van der Waals surface area contributed by atoms with Gasteiger partial charge in [-0.2, -0.15) is 13.2 Å². The van der Waals surface area contributed by atoms with E-state index in [4.69, 9.17) is 49.4 Å². The van der Waals surface area contributed by atoms with Crippen LogP contribution in [0.1, 0.15) is 5.56 Å². The molecule has 0 saturated carbocycles. The first-order valence-corrected chi connectivity index (χ1v) is 8.22. The van der Waals surface area contributed by atoms with Crippen molar-refractivity contribution in [2.45, 2.75) is 12.3 Å². The minimum absolute atomic E-state index is 0.0165. The fraction of sp³-hybridized carbons (Fsp3) is 0.125. The zero-order chi connectivity index (χ0) is 19.9. The number of fused-ring (bicyclic) bond motifs is 1. The molecule has 2 heterocycles. The predicted molar refractivity (Wildman–Crippen MR) is 91.9 cm³/mol. The minimum atomic E-state index is -4.97. The van der Waals surface area contributed by atoms with Gasteiger partial charge in [-0.3, -0.25) is 0 Å². The van der Waals surface area contributed by atoms with Gasteiger partial charge >= 0.3 is 12.1 Å². The molecule has 0 saturated heterocycles. The summed E-state index contributed by atoms with van der Waals surface area (Å²) >= 11 is 17.8. The Kier molecular flexibility index (Phi) is 5.16. The number of aromatic nitrogens is 1.